The average Bonchev–Trinajstić information content (AvgIpc) is 2.13. The molecule has 1 heterocycles. The van der Waals surface area contributed by atoms with Crippen LogP contribution in [0.5, 0.6) is 5.75 Å². The third kappa shape index (κ3) is 5.32. The highest BCUT2D eigenvalue weighted by molar-refractivity contribution is 8.13. The van der Waals surface area contributed by atoms with Gasteiger partial charge >= 0.3 is 0 Å². The summed E-state index contributed by atoms with van der Waals surface area (Å²) in [5, 5.41) is 0. The highest BCUT2D eigenvalue weighted by Gasteiger charge is 2.25. The monoisotopic (exact) mass is 263 g/mol. The van der Waals surface area contributed by atoms with Crippen molar-refractivity contribution in [2.24, 2.45) is 5.41 Å². The molecule has 0 unspecified atom stereocenters. The van der Waals surface area contributed by atoms with E-state index in [4.69, 9.17) is 15.4 Å². The molecule has 0 fully saturated rings. The lowest BCUT2D eigenvalue weighted by atomic mass is 9.98. The lowest BCUT2D eigenvalue weighted by molar-refractivity contribution is 0.199. The number of ether oxygens (including phenoxy) is 1. The molecule has 0 spiro atoms. The van der Waals surface area contributed by atoms with Crippen LogP contribution in [0.3, 0.4) is 0 Å². The normalized spacial score (nSPS) is 12.4. The molecule has 1 aromatic rings. The minimum atomic E-state index is -3.51. The smallest absolute Gasteiger partial charge is 0.233 e. The summed E-state index contributed by atoms with van der Waals surface area (Å²) in [5.74, 6) is 0.490. The van der Waals surface area contributed by atoms with Crippen molar-refractivity contribution in [3.63, 3.8) is 0 Å². The molecule has 0 bridgehead atoms. The molecule has 0 saturated heterocycles. The molecule has 6 heteroatoms. The fraction of sp³-hybridized carbons (Fsp3) is 0.500. The van der Waals surface area contributed by atoms with Gasteiger partial charge in [-0.15, -0.1) is 0 Å². The van der Waals surface area contributed by atoms with Crippen LogP contribution < -0.4 is 4.74 Å². The zero-order valence-electron chi connectivity index (χ0n) is 9.18. The third-order valence-corrected chi connectivity index (χ3v) is 3.28. The summed E-state index contributed by atoms with van der Waals surface area (Å²) in [4.78, 5) is 3.89. The van der Waals surface area contributed by atoms with Gasteiger partial charge < -0.3 is 4.74 Å². The molecule has 4 nitrogen and oxygen atoms in total. The Bertz CT molecular complexity index is 431. The topological polar surface area (TPSA) is 56.3 Å². The summed E-state index contributed by atoms with van der Waals surface area (Å²) in [6.07, 6.45) is 3.21. The van der Waals surface area contributed by atoms with E-state index in [1.54, 1.807) is 38.4 Å². The fourth-order valence-corrected chi connectivity index (χ4v) is 3.12. The number of hydrogen-bond acceptors (Lipinski definition) is 4. The minimum Gasteiger partial charge on any atom is -0.491 e. The summed E-state index contributed by atoms with van der Waals surface area (Å²) >= 11 is 0. The van der Waals surface area contributed by atoms with Crippen LogP contribution in [-0.4, -0.2) is 25.8 Å². The van der Waals surface area contributed by atoms with Gasteiger partial charge in [0.25, 0.3) is 0 Å². The van der Waals surface area contributed by atoms with Crippen molar-refractivity contribution < 1.29 is 13.2 Å². The Labute approximate surface area is 100 Å². The van der Waals surface area contributed by atoms with Crippen molar-refractivity contribution in [3.05, 3.63) is 24.5 Å². The van der Waals surface area contributed by atoms with E-state index in [-0.39, 0.29) is 12.4 Å². The number of nitrogens with zero attached hydrogens (tertiary/aromatic N) is 1. The number of hydrogen-bond donors (Lipinski definition) is 0. The maximum atomic E-state index is 11.0. The second-order valence-corrected chi connectivity index (χ2v) is 7.10. The Morgan fingerprint density at radius 2 is 2.19 bits per heavy atom. The second-order valence-electron chi connectivity index (χ2n) is 4.32. The lowest BCUT2D eigenvalue weighted by Crippen LogP contribution is -2.28. The van der Waals surface area contributed by atoms with Gasteiger partial charge in [-0.1, -0.05) is 13.8 Å². The first-order valence-electron chi connectivity index (χ1n) is 4.74. The number of rotatable bonds is 5. The number of aromatic nitrogens is 1. The summed E-state index contributed by atoms with van der Waals surface area (Å²) in [6, 6.07) is 3.51. The summed E-state index contributed by atoms with van der Waals surface area (Å²) in [5.41, 5.74) is -0.531. The van der Waals surface area contributed by atoms with Gasteiger partial charge in [0.1, 0.15) is 5.75 Å². The van der Waals surface area contributed by atoms with Gasteiger partial charge in [0.2, 0.25) is 9.05 Å². The van der Waals surface area contributed by atoms with Gasteiger partial charge in [-0.2, -0.15) is 0 Å². The Kier molecular flexibility index (Phi) is 4.15. The predicted molar refractivity (Wildman–Crippen MR) is 63.2 cm³/mol. The molecule has 0 amide bonds. The van der Waals surface area contributed by atoms with Crippen molar-refractivity contribution in [2.75, 3.05) is 12.4 Å². The summed E-state index contributed by atoms with van der Waals surface area (Å²) < 4.78 is 27.3. The van der Waals surface area contributed by atoms with E-state index in [0.717, 1.165) is 0 Å². The molecule has 0 radical (unpaired) electrons. The Morgan fingerprint density at radius 1 is 1.50 bits per heavy atom. The quantitative estimate of drug-likeness (QED) is 0.763. The molecule has 16 heavy (non-hydrogen) atoms. The van der Waals surface area contributed by atoms with Crippen LogP contribution in [0.4, 0.5) is 0 Å². The van der Waals surface area contributed by atoms with Gasteiger partial charge in [-0.05, 0) is 12.1 Å². The Morgan fingerprint density at radius 3 is 2.69 bits per heavy atom. The predicted octanol–water partition coefficient (Wildman–Crippen LogP) is 2.06. The van der Waals surface area contributed by atoms with E-state index in [0.29, 0.717) is 5.75 Å². The van der Waals surface area contributed by atoms with Crippen molar-refractivity contribution in [1.29, 1.82) is 0 Å². The first-order valence-corrected chi connectivity index (χ1v) is 7.22. The van der Waals surface area contributed by atoms with E-state index in [2.05, 4.69) is 4.98 Å². The summed E-state index contributed by atoms with van der Waals surface area (Å²) in [6.45, 7) is 3.83. The maximum absolute atomic E-state index is 11.0. The van der Waals surface area contributed by atoms with E-state index in [9.17, 15) is 8.42 Å². The number of halogens is 1. The maximum Gasteiger partial charge on any atom is 0.233 e. The second kappa shape index (κ2) is 5.01. The Hall–Kier alpha value is -0.810. The molecule has 0 saturated carbocycles. The molecule has 0 N–H and O–H groups in total. The molecule has 1 rings (SSSR count). The third-order valence-electron chi connectivity index (χ3n) is 1.83. The number of pyridine rings is 1. The molecule has 0 aliphatic carbocycles. The molecular weight excluding hydrogens is 250 g/mol. The molecule has 0 aromatic carbocycles. The zero-order chi connectivity index (χ0) is 12.2. The fourth-order valence-electron chi connectivity index (χ4n) is 1.22. The van der Waals surface area contributed by atoms with Crippen LogP contribution in [0, 0.1) is 5.41 Å². The largest absolute Gasteiger partial charge is 0.491 e. The summed E-state index contributed by atoms with van der Waals surface area (Å²) in [7, 11) is 1.69. The van der Waals surface area contributed by atoms with E-state index < -0.39 is 14.5 Å². The van der Waals surface area contributed by atoms with Gasteiger partial charge in [0, 0.05) is 22.3 Å². The SMILES string of the molecule is CC(C)(COc1cccnc1)CS(=O)(=O)Cl. The zero-order valence-corrected chi connectivity index (χ0v) is 10.8. The first kappa shape index (κ1) is 13.3. The van der Waals surface area contributed by atoms with Crippen molar-refractivity contribution in [2.45, 2.75) is 13.8 Å². The Balaban J connectivity index is 2.55. The van der Waals surface area contributed by atoms with Gasteiger partial charge in [-0.3, -0.25) is 4.98 Å². The first-order chi connectivity index (χ1) is 7.29. The average molecular weight is 264 g/mol. The van der Waals surface area contributed by atoms with Crippen molar-refractivity contribution in [1.82, 2.24) is 4.98 Å². The highest BCUT2D eigenvalue weighted by Crippen LogP contribution is 2.21. The molecule has 0 aliphatic rings. The highest BCUT2D eigenvalue weighted by atomic mass is 35.7. The van der Waals surface area contributed by atoms with Crippen LogP contribution in [-0.2, 0) is 9.05 Å². The van der Waals surface area contributed by atoms with E-state index in [1.165, 1.54) is 0 Å². The van der Waals surface area contributed by atoms with Crippen LogP contribution in [0.2, 0.25) is 0 Å². The van der Waals surface area contributed by atoms with Gasteiger partial charge in [0.05, 0.1) is 18.6 Å². The van der Waals surface area contributed by atoms with Crippen LogP contribution in [0.25, 0.3) is 0 Å². The molecular formula is C10H14ClNO3S. The van der Waals surface area contributed by atoms with E-state index in [1.807, 2.05) is 0 Å². The van der Waals surface area contributed by atoms with Crippen molar-refractivity contribution >= 4 is 19.7 Å². The minimum absolute atomic E-state index is 0.123. The van der Waals surface area contributed by atoms with E-state index >= 15 is 0 Å². The lowest BCUT2D eigenvalue weighted by Gasteiger charge is -2.22. The molecule has 90 valence electrons. The van der Waals surface area contributed by atoms with Crippen LogP contribution in [0.1, 0.15) is 13.8 Å². The van der Waals surface area contributed by atoms with Crippen molar-refractivity contribution in [3.8, 4) is 5.75 Å². The van der Waals surface area contributed by atoms with Crippen LogP contribution >= 0.6 is 10.7 Å². The van der Waals surface area contributed by atoms with Gasteiger partial charge in [0.15, 0.2) is 0 Å². The molecule has 0 atom stereocenters. The van der Waals surface area contributed by atoms with Crippen LogP contribution in [0.15, 0.2) is 24.5 Å². The molecule has 1 aromatic heterocycles. The van der Waals surface area contributed by atoms with Gasteiger partial charge in [-0.25, -0.2) is 8.42 Å². The molecule has 0 aliphatic heterocycles. The standard InChI is InChI=1S/C10H14ClNO3S/c1-10(2,8-16(11,13)14)7-15-9-4-3-5-12-6-9/h3-6H,7-8H2,1-2H3.